The Balaban J connectivity index is 3.67. The van der Waals surface area contributed by atoms with Crippen LogP contribution in [0.3, 0.4) is 0 Å². The van der Waals surface area contributed by atoms with Crippen molar-refractivity contribution in [2.24, 2.45) is 0 Å². The van der Waals surface area contributed by atoms with Crippen LogP contribution >= 0.6 is 10.7 Å². The Kier molecular flexibility index (Phi) is 3.62. The Morgan fingerprint density at radius 1 is 1.53 bits per heavy atom. The minimum Gasteiger partial charge on any atom is -0.258 e. The molecule has 1 rings (SSSR count). The van der Waals surface area contributed by atoms with Crippen molar-refractivity contribution >= 4 is 25.4 Å². The van der Waals surface area contributed by atoms with Gasteiger partial charge in [0, 0.05) is 16.9 Å². The summed E-state index contributed by atoms with van der Waals surface area (Å²) >= 11 is 0. The Hall–Kier alpha value is -1.35. The van der Waals surface area contributed by atoms with Gasteiger partial charge in [0.15, 0.2) is 5.69 Å². The van der Waals surface area contributed by atoms with Crippen molar-refractivity contribution in [1.82, 2.24) is 4.98 Å². The van der Waals surface area contributed by atoms with Gasteiger partial charge in [0.25, 0.3) is 15.5 Å². The maximum absolute atomic E-state index is 12.4. The van der Waals surface area contributed by atoms with Gasteiger partial charge in [0.05, 0.1) is 10.5 Å². The molecule has 0 spiro atoms. The van der Waals surface area contributed by atoms with Gasteiger partial charge in [-0.05, 0) is 6.92 Å². The zero-order valence-corrected chi connectivity index (χ0v) is 9.80. The van der Waals surface area contributed by atoms with E-state index in [-0.39, 0.29) is 0 Å². The monoisotopic (exact) mass is 286 g/mol. The van der Waals surface area contributed by atoms with Gasteiger partial charge < -0.3 is 0 Å². The van der Waals surface area contributed by atoms with E-state index < -0.39 is 42.2 Å². The lowest BCUT2D eigenvalue weighted by atomic mass is 10.2. The standard InChI is InChI=1S/C7H5ClF2N2O4S/c1-3-4(17(8,15)16)2-11-5(7(9)10)6(3)12(13)14/h2,7H,1H3. The number of pyridine rings is 1. The van der Waals surface area contributed by atoms with Crippen molar-refractivity contribution in [3.63, 3.8) is 0 Å². The summed E-state index contributed by atoms with van der Waals surface area (Å²) in [5.74, 6) is 0. The first-order valence-electron chi connectivity index (χ1n) is 4.03. The molecule has 0 atom stereocenters. The van der Waals surface area contributed by atoms with Crippen molar-refractivity contribution in [3.8, 4) is 0 Å². The molecule has 1 aromatic rings. The molecule has 0 aliphatic carbocycles. The topological polar surface area (TPSA) is 90.2 Å². The first kappa shape index (κ1) is 13.7. The van der Waals surface area contributed by atoms with Crippen LogP contribution in [0.15, 0.2) is 11.1 Å². The Morgan fingerprint density at radius 3 is 2.41 bits per heavy atom. The SMILES string of the molecule is Cc1c(S(=O)(=O)Cl)cnc(C(F)F)c1[N+](=O)[O-]. The van der Waals surface area contributed by atoms with Crippen molar-refractivity contribution < 1.29 is 22.1 Å². The average molecular weight is 287 g/mol. The molecule has 17 heavy (non-hydrogen) atoms. The number of hydrogen-bond acceptors (Lipinski definition) is 5. The fourth-order valence-corrected chi connectivity index (χ4v) is 2.34. The number of nitrogens with zero attached hydrogens (tertiary/aromatic N) is 2. The van der Waals surface area contributed by atoms with E-state index in [4.69, 9.17) is 10.7 Å². The van der Waals surface area contributed by atoms with Crippen molar-refractivity contribution in [1.29, 1.82) is 0 Å². The molecule has 1 heterocycles. The summed E-state index contributed by atoms with van der Waals surface area (Å²) in [5.41, 5.74) is -2.59. The van der Waals surface area contributed by atoms with Gasteiger partial charge in [0.2, 0.25) is 0 Å². The Labute approximate surface area is 98.8 Å². The van der Waals surface area contributed by atoms with Gasteiger partial charge in [0.1, 0.15) is 4.90 Å². The quantitative estimate of drug-likeness (QED) is 0.482. The van der Waals surface area contributed by atoms with Crippen LogP contribution in [-0.4, -0.2) is 18.3 Å². The second-order valence-electron chi connectivity index (χ2n) is 2.98. The van der Waals surface area contributed by atoms with Gasteiger partial charge in [-0.25, -0.2) is 22.2 Å². The zero-order chi connectivity index (χ0) is 13.4. The second kappa shape index (κ2) is 4.49. The van der Waals surface area contributed by atoms with E-state index in [2.05, 4.69) is 4.98 Å². The van der Waals surface area contributed by atoms with Crippen LogP contribution in [0, 0.1) is 17.0 Å². The van der Waals surface area contributed by atoms with Gasteiger partial charge in [-0.15, -0.1) is 0 Å². The first-order chi connectivity index (χ1) is 7.66. The third kappa shape index (κ3) is 2.67. The first-order valence-corrected chi connectivity index (χ1v) is 6.34. The second-order valence-corrected chi connectivity index (χ2v) is 5.51. The number of hydrogen-bond donors (Lipinski definition) is 0. The molecule has 0 radical (unpaired) electrons. The molecule has 10 heteroatoms. The number of nitro groups is 1. The molecule has 0 aliphatic heterocycles. The van der Waals surface area contributed by atoms with E-state index in [0.717, 1.165) is 6.92 Å². The number of halogens is 3. The molecule has 6 nitrogen and oxygen atoms in total. The van der Waals surface area contributed by atoms with Crippen molar-refractivity contribution in [2.75, 3.05) is 0 Å². The molecule has 0 amide bonds. The van der Waals surface area contributed by atoms with E-state index in [0.29, 0.717) is 6.20 Å². The average Bonchev–Trinajstić information content (AvgIpc) is 2.13. The van der Waals surface area contributed by atoms with Crippen LogP contribution in [0.4, 0.5) is 14.5 Å². The largest absolute Gasteiger partial charge is 0.300 e. The highest BCUT2D eigenvalue weighted by molar-refractivity contribution is 8.13. The lowest BCUT2D eigenvalue weighted by Gasteiger charge is -2.06. The highest BCUT2D eigenvalue weighted by Gasteiger charge is 2.30. The van der Waals surface area contributed by atoms with Crippen molar-refractivity contribution in [2.45, 2.75) is 18.2 Å². The third-order valence-electron chi connectivity index (χ3n) is 1.94. The maximum Gasteiger partial charge on any atom is 0.300 e. The molecule has 0 fully saturated rings. The summed E-state index contributed by atoms with van der Waals surface area (Å²) in [6.45, 7) is 1.01. The Bertz CT molecular complexity index is 575. The summed E-state index contributed by atoms with van der Waals surface area (Å²) in [7, 11) is 0.723. The van der Waals surface area contributed by atoms with E-state index in [9.17, 15) is 27.3 Å². The lowest BCUT2D eigenvalue weighted by molar-refractivity contribution is -0.387. The van der Waals surface area contributed by atoms with E-state index in [1.807, 2.05) is 0 Å². The van der Waals surface area contributed by atoms with Crippen LogP contribution in [0.2, 0.25) is 0 Å². The summed E-state index contributed by atoms with van der Waals surface area (Å²) in [6.07, 6.45) is -2.60. The molecule has 0 aromatic carbocycles. The van der Waals surface area contributed by atoms with Gasteiger partial charge in [-0.2, -0.15) is 0 Å². The molecule has 0 aliphatic rings. The van der Waals surface area contributed by atoms with Crippen LogP contribution in [-0.2, 0) is 9.05 Å². The van der Waals surface area contributed by atoms with E-state index in [1.165, 1.54) is 0 Å². The third-order valence-corrected chi connectivity index (χ3v) is 3.38. The van der Waals surface area contributed by atoms with E-state index in [1.54, 1.807) is 0 Å². The minimum absolute atomic E-state index is 0.463. The smallest absolute Gasteiger partial charge is 0.258 e. The molecule has 0 N–H and O–H groups in total. The summed E-state index contributed by atoms with van der Waals surface area (Å²) in [6, 6.07) is 0. The normalized spacial score (nSPS) is 11.8. The molecule has 0 bridgehead atoms. The predicted molar refractivity (Wildman–Crippen MR) is 53.6 cm³/mol. The minimum atomic E-state index is -4.27. The summed E-state index contributed by atoms with van der Waals surface area (Å²) in [4.78, 5) is 11.9. The van der Waals surface area contributed by atoms with Gasteiger partial charge >= 0.3 is 5.69 Å². The molecular weight excluding hydrogens is 282 g/mol. The molecule has 0 unspecified atom stereocenters. The zero-order valence-electron chi connectivity index (χ0n) is 8.22. The van der Waals surface area contributed by atoms with Crippen LogP contribution in [0.25, 0.3) is 0 Å². The number of aromatic nitrogens is 1. The fourth-order valence-electron chi connectivity index (χ4n) is 1.23. The number of rotatable bonds is 3. The van der Waals surface area contributed by atoms with Crippen LogP contribution in [0.1, 0.15) is 17.7 Å². The molecule has 0 saturated heterocycles. The highest BCUT2D eigenvalue weighted by atomic mass is 35.7. The number of alkyl halides is 2. The molecular formula is C7H5ClF2N2O4S. The lowest BCUT2D eigenvalue weighted by Crippen LogP contribution is -2.06. The molecule has 0 saturated carbocycles. The van der Waals surface area contributed by atoms with Gasteiger partial charge in [-0.3, -0.25) is 10.1 Å². The van der Waals surface area contributed by atoms with E-state index >= 15 is 0 Å². The molecule has 1 aromatic heterocycles. The summed E-state index contributed by atoms with van der Waals surface area (Å²) in [5, 5.41) is 10.6. The fraction of sp³-hybridized carbons (Fsp3) is 0.286. The van der Waals surface area contributed by atoms with Crippen LogP contribution < -0.4 is 0 Å². The predicted octanol–water partition coefficient (Wildman–Crippen LogP) is 2.16. The summed E-state index contributed by atoms with van der Waals surface area (Å²) < 4.78 is 46.9. The van der Waals surface area contributed by atoms with Crippen molar-refractivity contribution in [3.05, 3.63) is 27.6 Å². The maximum atomic E-state index is 12.4. The molecule has 94 valence electrons. The van der Waals surface area contributed by atoms with Gasteiger partial charge in [-0.1, -0.05) is 0 Å². The Morgan fingerprint density at radius 2 is 2.06 bits per heavy atom. The highest BCUT2D eigenvalue weighted by Crippen LogP contribution is 2.33. The van der Waals surface area contributed by atoms with Crippen LogP contribution in [0.5, 0.6) is 0 Å².